The maximum Gasteiger partial charge on any atom is 0.277 e. The number of carbonyl (C=O) groups is 1. The Hall–Kier alpha value is -4.29. The highest BCUT2D eigenvalue weighted by Crippen LogP contribution is 2.38. The van der Waals surface area contributed by atoms with Crippen LogP contribution in [0, 0.1) is 6.92 Å². The molecule has 1 aliphatic carbocycles. The Balaban J connectivity index is 1.24. The number of nitrogens with zero attached hydrogens (tertiary/aromatic N) is 6. The average Bonchev–Trinajstić information content (AvgIpc) is 3.76. The van der Waals surface area contributed by atoms with Gasteiger partial charge in [0.2, 0.25) is 0 Å². The zero-order valence-corrected chi connectivity index (χ0v) is 23.8. The number of carbonyl (C=O) groups excluding carboxylic acids is 1. The van der Waals surface area contributed by atoms with Crippen molar-refractivity contribution in [3.8, 4) is 0 Å². The van der Waals surface area contributed by atoms with Crippen LogP contribution in [-0.2, 0) is 24.5 Å². The van der Waals surface area contributed by atoms with Crippen molar-refractivity contribution in [2.45, 2.75) is 51.4 Å². The molecule has 0 bridgehead atoms. The number of hydrogen-bond donors (Lipinski definition) is 2. The smallest absolute Gasteiger partial charge is 0.277 e. The first-order chi connectivity index (χ1) is 20.8. The molecular weight excluding hydrogens is 554 g/mol. The van der Waals surface area contributed by atoms with Gasteiger partial charge in [0.05, 0.1) is 55.3 Å². The molecule has 222 valence electrons. The van der Waals surface area contributed by atoms with Gasteiger partial charge in [-0.2, -0.15) is 0 Å². The van der Waals surface area contributed by atoms with Crippen molar-refractivity contribution < 1.29 is 18.3 Å². The van der Waals surface area contributed by atoms with Crippen molar-refractivity contribution in [2.24, 2.45) is 0 Å². The molecule has 5 heterocycles. The lowest BCUT2D eigenvalue weighted by atomic mass is 10.0. The number of amides is 1. The average molecular weight is 587 g/mol. The minimum Gasteiger partial charge on any atom is -0.383 e. The van der Waals surface area contributed by atoms with E-state index in [1.165, 1.54) is 0 Å². The number of nitrogens with two attached hydrogens (primary N) is 1. The van der Waals surface area contributed by atoms with Crippen molar-refractivity contribution in [1.82, 2.24) is 25.3 Å². The van der Waals surface area contributed by atoms with E-state index in [9.17, 15) is 13.6 Å². The Morgan fingerprint density at radius 1 is 1.14 bits per heavy atom. The van der Waals surface area contributed by atoms with E-state index in [-0.39, 0.29) is 19.0 Å². The number of nitrogens with one attached hydrogen (secondary N) is 1. The Labute approximate surface area is 247 Å². The van der Waals surface area contributed by atoms with Crippen LogP contribution >= 0.6 is 0 Å². The van der Waals surface area contributed by atoms with E-state index in [0.717, 1.165) is 46.3 Å². The van der Waals surface area contributed by atoms with Gasteiger partial charge in [-0.3, -0.25) is 4.79 Å². The lowest BCUT2D eigenvalue weighted by molar-refractivity contribution is 0.0156. The molecule has 0 atom stereocenters. The van der Waals surface area contributed by atoms with E-state index < -0.39 is 12.5 Å². The standard InChI is InChI=1S/C31H32F2N8O2/c1-18-26(6-7-27(38-18)40-9-8-35-16-31(32,33)17-40)41(30(42)21-11-36-29(37-12-21)20-3-4-20)13-19-2-5-22-23-14-43-15-24(23)28(34)39-25(22)10-19/h2,5-7,10-12,20,35H,3-4,8-9,13-17H2,1H3,(H2,34,39). The van der Waals surface area contributed by atoms with Crippen LogP contribution in [-0.4, -0.2) is 57.9 Å². The summed E-state index contributed by atoms with van der Waals surface area (Å²) < 4.78 is 34.2. The molecule has 1 amide bonds. The summed E-state index contributed by atoms with van der Waals surface area (Å²) in [7, 11) is 0. The quantitative estimate of drug-likeness (QED) is 0.344. The topological polar surface area (TPSA) is 122 Å². The molecule has 3 aliphatic rings. The van der Waals surface area contributed by atoms with Gasteiger partial charge >= 0.3 is 0 Å². The number of rotatable bonds is 6. The van der Waals surface area contributed by atoms with Gasteiger partial charge in [-0.05, 0) is 49.1 Å². The van der Waals surface area contributed by atoms with Crippen molar-refractivity contribution in [1.29, 1.82) is 0 Å². The van der Waals surface area contributed by atoms with Crippen LogP contribution < -0.4 is 20.9 Å². The molecule has 0 spiro atoms. The Bertz CT molecular complexity index is 1710. The van der Waals surface area contributed by atoms with Crippen molar-refractivity contribution in [3.63, 3.8) is 0 Å². The Morgan fingerprint density at radius 3 is 2.70 bits per heavy atom. The number of aryl methyl sites for hydroxylation is 1. The van der Waals surface area contributed by atoms with Crippen LogP contribution in [0.1, 0.15) is 57.3 Å². The molecule has 4 aromatic rings. The first-order valence-corrected chi connectivity index (χ1v) is 14.5. The van der Waals surface area contributed by atoms with Crippen LogP contribution in [0.15, 0.2) is 42.7 Å². The summed E-state index contributed by atoms with van der Waals surface area (Å²) in [5.74, 6) is -1.16. The van der Waals surface area contributed by atoms with Crippen molar-refractivity contribution >= 4 is 34.1 Å². The van der Waals surface area contributed by atoms with Gasteiger partial charge in [-0.25, -0.2) is 28.7 Å². The summed E-state index contributed by atoms with van der Waals surface area (Å²) >= 11 is 0. The second-order valence-electron chi connectivity index (χ2n) is 11.5. The van der Waals surface area contributed by atoms with E-state index in [4.69, 9.17) is 10.5 Å². The summed E-state index contributed by atoms with van der Waals surface area (Å²) in [5, 5.41) is 3.75. The highest BCUT2D eigenvalue weighted by Gasteiger charge is 2.34. The highest BCUT2D eigenvalue weighted by molar-refractivity contribution is 6.06. The molecule has 7 rings (SSSR count). The minimum atomic E-state index is -2.88. The van der Waals surface area contributed by atoms with Crippen LogP contribution in [0.3, 0.4) is 0 Å². The van der Waals surface area contributed by atoms with E-state index in [2.05, 4.69) is 25.3 Å². The largest absolute Gasteiger partial charge is 0.383 e. The van der Waals surface area contributed by atoms with Gasteiger partial charge in [0, 0.05) is 42.4 Å². The Kier molecular flexibility index (Phi) is 6.89. The number of anilines is 3. The summed E-state index contributed by atoms with van der Waals surface area (Å²) in [6.45, 7) is 2.95. The Morgan fingerprint density at radius 2 is 1.93 bits per heavy atom. The number of alkyl halides is 2. The fraction of sp³-hybridized carbons (Fsp3) is 0.387. The molecular formula is C31H32F2N8O2. The third-order valence-electron chi connectivity index (χ3n) is 8.26. The lowest BCUT2D eigenvalue weighted by Crippen LogP contribution is -2.39. The van der Waals surface area contributed by atoms with Gasteiger partial charge in [0.1, 0.15) is 17.5 Å². The molecule has 3 aromatic heterocycles. The summed E-state index contributed by atoms with van der Waals surface area (Å²) in [6, 6.07) is 9.36. The molecule has 0 radical (unpaired) electrons. The van der Waals surface area contributed by atoms with Crippen LogP contribution in [0.2, 0.25) is 0 Å². The molecule has 1 saturated carbocycles. The van der Waals surface area contributed by atoms with Gasteiger partial charge in [0.25, 0.3) is 11.8 Å². The molecule has 12 heteroatoms. The minimum absolute atomic E-state index is 0.210. The summed E-state index contributed by atoms with van der Waals surface area (Å²) in [4.78, 5) is 35.4. The number of pyridine rings is 2. The van der Waals surface area contributed by atoms with Gasteiger partial charge < -0.3 is 25.6 Å². The van der Waals surface area contributed by atoms with E-state index in [1.54, 1.807) is 41.2 Å². The zero-order valence-electron chi connectivity index (χ0n) is 23.8. The second kappa shape index (κ2) is 10.8. The highest BCUT2D eigenvalue weighted by atomic mass is 19.3. The molecule has 1 saturated heterocycles. The van der Waals surface area contributed by atoms with Crippen molar-refractivity contribution in [3.05, 3.63) is 76.5 Å². The number of benzene rings is 1. The summed E-state index contributed by atoms with van der Waals surface area (Å²) in [6.07, 6.45) is 5.27. The number of nitrogen functional groups attached to an aromatic ring is 1. The first-order valence-electron chi connectivity index (χ1n) is 14.5. The number of ether oxygens (including phenoxy) is 1. The lowest BCUT2D eigenvalue weighted by Gasteiger charge is -2.28. The van der Waals surface area contributed by atoms with Crippen LogP contribution in [0.5, 0.6) is 0 Å². The fourth-order valence-electron chi connectivity index (χ4n) is 5.82. The zero-order chi connectivity index (χ0) is 29.7. The number of hydrogen-bond acceptors (Lipinski definition) is 9. The fourth-order valence-corrected chi connectivity index (χ4v) is 5.82. The normalized spacial score (nSPS) is 18.0. The predicted octanol–water partition coefficient (Wildman–Crippen LogP) is 4.11. The molecule has 3 N–H and O–H groups in total. The predicted molar refractivity (Wildman–Crippen MR) is 158 cm³/mol. The molecule has 1 aromatic carbocycles. The maximum absolute atomic E-state index is 14.3. The molecule has 2 fully saturated rings. The third-order valence-corrected chi connectivity index (χ3v) is 8.26. The van der Waals surface area contributed by atoms with Gasteiger partial charge in [-0.1, -0.05) is 12.1 Å². The molecule has 0 unspecified atom stereocenters. The van der Waals surface area contributed by atoms with E-state index in [1.807, 2.05) is 18.2 Å². The van der Waals surface area contributed by atoms with Crippen LogP contribution in [0.4, 0.5) is 26.1 Å². The molecule has 43 heavy (non-hydrogen) atoms. The SMILES string of the molecule is Cc1nc(N2CCNCC(F)(F)C2)ccc1N(Cc1ccc2c3c(c(N)nc2c1)COC3)C(=O)c1cnc(C2CC2)nc1. The number of halogens is 2. The number of fused-ring (bicyclic) bond motifs is 3. The molecule has 10 nitrogen and oxygen atoms in total. The third kappa shape index (κ3) is 5.48. The van der Waals surface area contributed by atoms with Gasteiger partial charge in [-0.15, -0.1) is 0 Å². The second-order valence-corrected chi connectivity index (χ2v) is 11.5. The van der Waals surface area contributed by atoms with E-state index in [0.29, 0.717) is 60.8 Å². The van der Waals surface area contributed by atoms with Crippen molar-refractivity contribution in [2.75, 3.05) is 41.7 Å². The van der Waals surface area contributed by atoms with Crippen LogP contribution in [0.25, 0.3) is 10.9 Å². The number of aromatic nitrogens is 4. The molecule has 2 aliphatic heterocycles. The summed E-state index contributed by atoms with van der Waals surface area (Å²) in [5.41, 5.74) is 11.2. The monoisotopic (exact) mass is 586 g/mol. The first kappa shape index (κ1) is 27.5. The maximum atomic E-state index is 14.3. The van der Waals surface area contributed by atoms with Gasteiger partial charge in [0.15, 0.2) is 0 Å². The van der Waals surface area contributed by atoms with E-state index >= 15 is 0 Å².